The number of nitrogens with two attached hydrogens (primary N) is 1. The van der Waals surface area contributed by atoms with Crippen molar-refractivity contribution < 1.29 is 14.3 Å². The molecular weight excluding hydrogens is 270 g/mol. The van der Waals surface area contributed by atoms with Crippen molar-refractivity contribution >= 4 is 11.8 Å². The van der Waals surface area contributed by atoms with E-state index in [0.29, 0.717) is 12.5 Å². The molecule has 0 aliphatic rings. The summed E-state index contributed by atoms with van der Waals surface area (Å²) in [5.41, 5.74) is 6.33. The summed E-state index contributed by atoms with van der Waals surface area (Å²) in [6, 6.07) is 7.89. The molecule has 0 heterocycles. The molecule has 0 aliphatic heterocycles. The summed E-state index contributed by atoms with van der Waals surface area (Å²) in [5.74, 6) is 0.611. The standard InChI is InChI=1S/C15H23N3O3/c1-11(12-3-5-13(21-2)6-4-12)7-8-17-15(20)10-18-14(19)9-16/h3-6,11H,7-10,16H2,1-2H3,(H,17,20)(H,18,19). The number of benzene rings is 1. The quantitative estimate of drug-likeness (QED) is 0.646. The van der Waals surface area contributed by atoms with Crippen molar-refractivity contribution in [1.29, 1.82) is 0 Å². The van der Waals surface area contributed by atoms with Gasteiger partial charge < -0.3 is 21.1 Å². The molecule has 0 bridgehead atoms. The number of carbonyl (C=O) groups is 2. The molecule has 0 saturated carbocycles. The Morgan fingerprint density at radius 3 is 2.43 bits per heavy atom. The van der Waals surface area contributed by atoms with Crippen molar-refractivity contribution in [3.05, 3.63) is 29.8 Å². The van der Waals surface area contributed by atoms with Gasteiger partial charge in [-0.15, -0.1) is 0 Å². The van der Waals surface area contributed by atoms with E-state index in [9.17, 15) is 9.59 Å². The third-order valence-corrected chi connectivity index (χ3v) is 3.22. The third-order valence-electron chi connectivity index (χ3n) is 3.22. The van der Waals surface area contributed by atoms with Crippen LogP contribution in [0.4, 0.5) is 0 Å². The van der Waals surface area contributed by atoms with Crippen LogP contribution in [0, 0.1) is 0 Å². The lowest BCUT2D eigenvalue weighted by molar-refractivity contribution is -0.125. The second kappa shape index (κ2) is 8.97. The van der Waals surface area contributed by atoms with E-state index >= 15 is 0 Å². The lowest BCUT2D eigenvalue weighted by Crippen LogP contribution is -2.39. The number of nitrogens with one attached hydrogen (secondary N) is 2. The molecule has 0 aliphatic carbocycles. The van der Waals surface area contributed by atoms with Gasteiger partial charge in [-0.1, -0.05) is 19.1 Å². The minimum absolute atomic E-state index is 0.0348. The van der Waals surface area contributed by atoms with Gasteiger partial charge in [0, 0.05) is 6.54 Å². The van der Waals surface area contributed by atoms with E-state index in [0.717, 1.165) is 12.2 Å². The molecule has 1 aromatic carbocycles. The Labute approximate surface area is 125 Å². The van der Waals surface area contributed by atoms with Gasteiger partial charge in [-0.25, -0.2) is 0 Å². The maximum atomic E-state index is 11.5. The first-order chi connectivity index (χ1) is 10.1. The van der Waals surface area contributed by atoms with Crippen LogP contribution in [0.5, 0.6) is 5.75 Å². The molecule has 0 saturated heterocycles. The minimum atomic E-state index is -0.336. The summed E-state index contributed by atoms with van der Waals surface area (Å²) < 4.78 is 5.12. The van der Waals surface area contributed by atoms with Gasteiger partial charge in [0.1, 0.15) is 5.75 Å². The zero-order valence-corrected chi connectivity index (χ0v) is 12.5. The first-order valence-electron chi connectivity index (χ1n) is 6.94. The Kier molecular flexibility index (Phi) is 7.25. The number of methoxy groups -OCH3 is 1. The van der Waals surface area contributed by atoms with Crippen LogP contribution in [0.3, 0.4) is 0 Å². The van der Waals surface area contributed by atoms with Crippen LogP contribution in [0.25, 0.3) is 0 Å². The van der Waals surface area contributed by atoms with Crippen LogP contribution < -0.4 is 21.1 Å². The fourth-order valence-corrected chi connectivity index (χ4v) is 1.84. The summed E-state index contributed by atoms with van der Waals surface area (Å²) in [6.45, 7) is 2.52. The Morgan fingerprint density at radius 2 is 1.86 bits per heavy atom. The Bertz CT molecular complexity index is 460. The van der Waals surface area contributed by atoms with Crippen molar-refractivity contribution in [3.63, 3.8) is 0 Å². The van der Waals surface area contributed by atoms with Crippen LogP contribution in [0.1, 0.15) is 24.8 Å². The van der Waals surface area contributed by atoms with Crippen LogP contribution in [-0.2, 0) is 9.59 Å². The first kappa shape index (κ1) is 17.0. The van der Waals surface area contributed by atoms with E-state index in [2.05, 4.69) is 17.6 Å². The fraction of sp³-hybridized carbons (Fsp3) is 0.467. The molecule has 0 spiro atoms. The number of hydrogen-bond donors (Lipinski definition) is 3. The maximum absolute atomic E-state index is 11.5. The molecular formula is C15H23N3O3. The Hall–Kier alpha value is -2.08. The van der Waals surface area contributed by atoms with Gasteiger partial charge in [-0.05, 0) is 30.0 Å². The van der Waals surface area contributed by atoms with Crippen molar-refractivity contribution in [2.75, 3.05) is 26.7 Å². The Balaban J connectivity index is 2.27. The molecule has 1 unspecified atom stereocenters. The zero-order chi connectivity index (χ0) is 15.7. The highest BCUT2D eigenvalue weighted by Gasteiger charge is 2.07. The van der Waals surface area contributed by atoms with Gasteiger partial charge >= 0.3 is 0 Å². The zero-order valence-electron chi connectivity index (χ0n) is 12.5. The highest BCUT2D eigenvalue weighted by atomic mass is 16.5. The van der Waals surface area contributed by atoms with Gasteiger partial charge in [-0.3, -0.25) is 9.59 Å². The van der Waals surface area contributed by atoms with Gasteiger partial charge in [0.2, 0.25) is 11.8 Å². The second-order valence-electron chi connectivity index (χ2n) is 4.79. The topological polar surface area (TPSA) is 93.5 Å². The summed E-state index contributed by atoms with van der Waals surface area (Å²) in [5, 5.41) is 5.19. The predicted octanol–water partition coefficient (Wildman–Crippen LogP) is 0.380. The molecule has 1 aromatic rings. The van der Waals surface area contributed by atoms with E-state index in [4.69, 9.17) is 10.5 Å². The maximum Gasteiger partial charge on any atom is 0.239 e. The number of amides is 2. The summed E-state index contributed by atoms with van der Waals surface area (Å²) in [7, 11) is 1.64. The van der Waals surface area contributed by atoms with Crippen molar-refractivity contribution in [1.82, 2.24) is 10.6 Å². The summed E-state index contributed by atoms with van der Waals surface area (Å²) in [6.07, 6.45) is 0.822. The largest absolute Gasteiger partial charge is 0.497 e. The third kappa shape index (κ3) is 6.27. The molecule has 6 nitrogen and oxygen atoms in total. The predicted molar refractivity (Wildman–Crippen MR) is 81.1 cm³/mol. The highest BCUT2D eigenvalue weighted by Crippen LogP contribution is 2.21. The molecule has 0 fully saturated rings. The van der Waals surface area contributed by atoms with Gasteiger partial charge in [-0.2, -0.15) is 0 Å². The van der Waals surface area contributed by atoms with Crippen molar-refractivity contribution in [3.8, 4) is 5.75 Å². The van der Waals surface area contributed by atoms with Crippen LogP contribution in [-0.4, -0.2) is 38.6 Å². The molecule has 1 rings (SSSR count). The first-order valence-corrected chi connectivity index (χ1v) is 6.94. The van der Waals surface area contributed by atoms with Gasteiger partial charge in [0.25, 0.3) is 0 Å². The molecule has 21 heavy (non-hydrogen) atoms. The lowest BCUT2D eigenvalue weighted by atomic mass is 9.98. The average Bonchev–Trinajstić information content (AvgIpc) is 2.52. The van der Waals surface area contributed by atoms with E-state index in [1.54, 1.807) is 7.11 Å². The van der Waals surface area contributed by atoms with E-state index in [1.807, 2.05) is 24.3 Å². The van der Waals surface area contributed by atoms with E-state index < -0.39 is 0 Å². The van der Waals surface area contributed by atoms with Gasteiger partial charge in [0.15, 0.2) is 0 Å². The number of hydrogen-bond acceptors (Lipinski definition) is 4. The number of ether oxygens (including phenoxy) is 1. The monoisotopic (exact) mass is 293 g/mol. The summed E-state index contributed by atoms with van der Waals surface area (Å²) >= 11 is 0. The average molecular weight is 293 g/mol. The molecule has 0 radical (unpaired) electrons. The SMILES string of the molecule is COc1ccc(C(C)CCNC(=O)CNC(=O)CN)cc1. The molecule has 1 atom stereocenters. The molecule has 116 valence electrons. The second-order valence-corrected chi connectivity index (χ2v) is 4.79. The van der Waals surface area contributed by atoms with E-state index in [-0.39, 0.29) is 24.9 Å². The fourth-order valence-electron chi connectivity index (χ4n) is 1.84. The van der Waals surface area contributed by atoms with E-state index in [1.165, 1.54) is 5.56 Å². The van der Waals surface area contributed by atoms with Crippen LogP contribution in [0.2, 0.25) is 0 Å². The molecule has 0 aromatic heterocycles. The minimum Gasteiger partial charge on any atom is -0.497 e. The molecule has 4 N–H and O–H groups in total. The number of rotatable bonds is 8. The Morgan fingerprint density at radius 1 is 1.19 bits per heavy atom. The van der Waals surface area contributed by atoms with Crippen molar-refractivity contribution in [2.24, 2.45) is 5.73 Å². The molecule has 6 heteroatoms. The highest BCUT2D eigenvalue weighted by molar-refractivity contribution is 5.85. The number of carbonyl (C=O) groups excluding carboxylic acids is 2. The normalized spacial score (nSPS) is 11.6. The summed E-state index contributed by atoms with van der Waals surface area (Å²) in [4.78, 5) is 22.4. The molecule has 2 amide bonds. The lowest BCUT2D eigenvalue weighted by Gasteiger charge is -2.13. The van der Waals surface area contributed by atoms with Crippen LogP contribution >= 0.6 is 0 Å². The van der Waals surface area contributed by atoms with Crippen molar-refractivity contribution in [2.45, 2.75) is 19.3 Å². The van der Waals surface area contributed by atoms with Crippen LogP contribution in [0.15, 0.2) is 24.3 Å². The van der Waals surface area contributed by atoms with Gasteiger partial charge in [0.05, 0.1) is 20.2 Å². The smallest absolute Gasteiger partial charge is 0.239 e.